The van der Waals surface area contributed by atoms with Gasteiger partial charge in [-0.15, -0.1) is 0 Å². The van der Waals surface area contributed by atoms with Crippen molar-refractivity contribution in [1.82, 2.24) is 10.6 Å². The van der Waals surface area contributed by atoms with E-state index in [2.05, 4.69) is 10.6 Å². The molecule has 28 heavy (non-hydrogen) atoms. The number of aliphatic hydroxyl groups is 3. The summed E-state index contributed by atoms with van der Waals surface area (Å²) in [5.74, 6) is -1.05. The first-order valence-corrected chi connectivity index (χ1v) is 8.83. The first-order chi connectivity index (χ1) is 13.3. The fourth-order valence-electron chi connectivity index (χ4n) is 2.85. The molecule has 1 aromatic rings. The van der Waals surface area contributed by atoms with Gasteiger partial charge in [-0.3, -0.25) is 9.59 Å². The van der Waals surface area contributed by atoms with E-state index in [0.717, 1.165) is 11.1 Å². The Kier molecular flexibility index (Phi) is 8.09. The minimum atomic E-state index is -1.41. The molecule has 2 rings (SSSR count). The van der Waals surface area contributed by atoms with E-state index in [1.807, 2.05) is 31.2 Å². The van der Waals surface area contributed by atoms with Crippen molar-refractivity contribution in [2.75, 3.05) is 20.3 Å². The van der Waals surface area contributed by atoms with Gasteiger partial charge >= 0.3 is 0 Å². The van der Waals surface area contributed by atoms with Gasteiger partial charge in [-0.05, 0) is 18.6 Å². The number of carbonyl (C=O) groups is 2. The second kappa shape index (κ2) is 10.3. The molecular formula is C19H26N2O7. The van der Waals surface area contributed by atoms with Crippen LogP contribution in [0.2, 0.25) is 0 Å². The van der Waals surface area contributed by atoms with Gasteiger partial charge in [-0.25, -0.2) is 0 Å². The lowest BCUT2D eigenvalue weighted by Crippen LogP contribution is -2.65. The zero-order chi connectivity index (χ0) is 20.7. The highest BCUT2D eigenvalue weighted by molar-refractivity contribution is 5.94. The van der Waals surface area contributed by atoms with Gasteiger partial charge in [0.1, 0.15) is 24.4 Å². The average Bonchev–Trinajstić information content (AvgIpc) is 2.68. The van der Waals surface area contributed by atoms with Crippen LogP contribution in [0.25, 0.3) is 6.08 Å². The van der Waals surface area contributed by atoms with E-state index in [1.165, 1.54) is 13.2 Å². The van der Waals surface area contributed by atoms with E-state index in [9.17, 15) is 19.8 Å². The summed E-state index contributed by atoms with van der Waals surface area (Å²) in [5, 5.41) is 34.1. The minimum Gasteiger partial charge on any atom is -0.394 e. The highest BCUT2D eigenvalue weighted by Crippen LogP contribution is 2.21. The smallest absolute Gasteiger partial charge is 0.244 e. The van der Waals surface area contributed by atoms with Crippen LogP contribution in [-0.4, -0.2) is 78.0 Å². The molecule has 1 saturated heterocycles. The molecule has 9 nitrogen and oxygen atoms in total. The molecule has 0 radical (unpaired) electrons. The summed E-state index contributed by atoms with van der Waals surface area (Å²) in [6, 6.07) is 6.52. The molecule has 2 amide bonds. The summed E-state index contributed by atoms with van der Waals surface area (Å²) in [7, 11) is 1.31. The molecule has 5 N–H and O–H groups in total. The van der Waals surface area contributed by atoms with Crippen LogP contribution in [0.1, 0.15) is 11.1 Å². The predicted molar refractivity (Wildman–Crippen MR) is 99.9 cm³/mol. The van der Waals surface area contributed by atoms with Crippen LogP contribution < -0.4 is 10.6 Å². The summed E-state index contributed by atoms with van der Waals surface area (Å²) in [6.45, 7) is 1.09. The van der Waals surface area contributed by atoms with Gasteiger partial charge < -0.3 is 35.4 Å². The number of benzene rings is 1. The van der Waals surface area contributed by atoms with Crippen LogP contribution in [0.4, 0.5) is 0 Å². The SMILES string of the molecule is COC1OC(CO)C(O)C(O)C1NC(=O)CNC(=O)/C=C/c1cccc(C)c1. The standard InChI is InChI=1S/C19H26N2O7/c1-11-4-3-5-12(8-11)6-7-14(23)20-9-15(24)21-16-18(26)17(25)13(10-22)28-19(16)27-2/h3-8,13,16-19,22,25-26H,9-10H2,1-2H3,(H,20,23)(H,21,24)/b7-6+. The number of rotatable bonds is 7. The third kappa shape index (κ3) is 5.85. The second-order valence-corrected chi connectivity index (χ2v) is 6.50. The topological polar surface area (TPSA) is 137 Å². The molecule has 0 aromatic heterocycles. The third-order valence-corrected chi connectivity index (χ3v) is 4.33. The number of hydrogen-bond donors (Lipinski definition) is 5. The van der Waals surface area contributed by atoms with Crippen LogP contribution >= 0.6 is 0 Å². The van der Waals surface area contributed by atoms with Gasteiger partial charge in [0.15, 0.2) is 6.29 Å². The van der Waals surface area contributed by atoms with Gasteiger partial charge in [0, 0.05) is 13.2 Å². The van der Waals surface area contributed by atoms with Crippen molar-refractivity contribution >= 4 is 17.9 Å². The number of carbonyl (C=O) groups excluding carboxylic acids is 2. The number of ether oxygens (including phenoxy) is 2. The highest BCUT2D eigenvalue weighted by atomic mass is 16.7. The molecular weight excluding hydrogens is 368 g/mol. The molecule has 5 atom stereocenters. The molecule has 1 aliphatic heterocycles. The summed E-state index contributed by atoms with van der Waals surface area (Å²) < 4.78 is 10.4. The van der Waals surface area contributed by atoms with Crippen molar-refractivity contribution in [3.05, 3.63) is 41.5 Å². The van der Waals surface area contributed by atoms with Crippen molar-refractivity contribution in [2.24, 2.45) is 0 Å². The maximum absolute atomic E-state index is 12.1. The summed E-state index contributed by atoms with van der Waals surface area (Å²) in [5.41, 5.74) is 1.92. The van der Waals surface area contributed by atoms with Crippen molar-refractivity contribution in [3.63, 3.8) is 0 Å². The quantitative estimate of drug-likeness (QED) is 0.362. The summed E-state index contributed by atoms with van der Waals surface area (Å²) >= 11 is 0. The number of nitrogens with one attached hydrogen (secondary N) is 2. The Morgan fingerprint density at radius 1 is 1.29 bits per heavy atom. The molecule has 1 aromatic carbocycles. The van der Waals surface area contributed by atoms with Crippen molar-refractivity contribution in [1.29, 1.82) is 0 Å². The number of aliphatic hydroxyl groups excluding tert-OH is 3. The van der Waals surface area contributed by atoms with Gasteiger partial charge in [-0.1, -0.05) is 29.8 Å². The van der Waals surface area contributed by atoms with Crippen LogP contribution in [-0.2, 0) is 19.1 Å². The van der Waals surface area contributed by atoms with Crippen LogP contribution in [0, 0.1) is 6.92 Å². The van der Waals surface area contributed by atoms with Crippen LogP contribution in [0.15, 0.2) is 30.3 Å². The molecule has 0 saturated carbocycles. The average molecular weight is 394 g/mol. The lowest BCUT2D eigenvalue weighted by molar-refractivity contribution is -0.262. The number of methoxy groups -OCH3 is 1. The predicted octanol–water partition coefficient (Wildman–Crippen LogP) is -1.31. The Hall–Kier alpha value is -2.30. The monoisotopic (exact) mass is 394 g/mol. The second-order valence-electron chi connectivity index (χ2n) is 6.50. The number of aryl methyl sites for hydroxylation is 1. The largest absolute Gasteiger partial charge is 0.394 e. The van der Waals surface area contributed by atoms with E-state index in [-0.39, 0.29) is 6.54 Å². The van der Waals surface area contributed by atoms with Crippen molar-refractivity contribution < 1.29 is 34.4 Å². The molecule has 1 heterocycles. The lowest BCUT2D eigenvalue weighted by atomic mass is 9.97. The van der Waals surface area contributed by atoms with Gasteiger partial charge in [0.25, 0.3) is 0 Å². The van der Waals surface area contributed by atoms with E-state index in [1.54, 1.807) is 6.08 Å². The van der Waals surface area contributed by atoms with E-state index < -0.39 is 49.1 Å². The zero-order valence-corrected chi connectivity index (χ0v) is 15.7. The highest BCUT2D eigenvalue weighted by Gasteiger charge is 2.45. The van der Waals surface area contributed by atoms with Gasteiger partial charge in [0.2, 0.25) is 11.8 Å². The van der Waals surface area contributed by atoms with E-state index in [0.29, 0.717) is 0 Å². The maximum Gasteiger partial charge on any atom is 0.244 e. The fraction of sp³-hybridized carbons (Fsp3) is 0.474. The van der Waals surface area contributed by atoms with Crippen molar-refractivity contribution in [3.8, 4) is 0 Å². The molecule has 5 unspecified atom stereocenters. The first kappa shape index (κ1) is 22.0. The molecule has 0 spiro atoms. The Morgan fingerprint density at radius 2 is 2.04 bits per heavy atom. The molecule has 1 aliphatic rings. The van der Waals surface area contributed by atoms with Gasteiger partial charge in [-0.2, -0.15) is 0 Å². The molecule has 9 heteroatoms. The molecule has 1 fully saturated rings. The number of amides is 2. The number of hydrogen-bond acceptors (Lipinski definition) is 7. The van der Waals surface area contributed by atoms with Crippen LogP contribution in [0.5, 0.6) is 0 Å². The minimum absolute atomic E-state index is 0.337. The van der Waals surface area contributed by atoms with E-state index >= 15 is 0 Å². The molecule has 0 aliphatic carbocycles. The molecule has 154 valence electrons. The summed E-state index contributed by atoms with van der Waals surface area (Å²) in [4.78, 5) is 24.0. The third-order valence-electron chi connectivity index (χ3n) is 4.33. The van der Waals surface area contributed by atoms with Crippen molar-refractivity contribution in [2.45, 2.75) is 37.6 Å². The Balaban J connectivity index is 1.86. The Labute approximate surface area is 163 Å². The lowest BCUT2D eigenvalue weighted by Gasteiger charge is -2.41. The van der Waals surface area contributed by atoms with Gasteiger partial charge in [0.05, 0.1) is 13.2 Å². The zero-order valence-electron chi connectivity index (χ0n) is 15.7. The Morgan fingerprint density at radius 3 is 2.68 bits per heavy atom. The first-order valence-electron chi connectivity index (χ1n) is 8.83. The molecule has 0 bridgehead atoms. The summed E-state index contributed by atoms with van der Waals surface area (Å²) in [6.07, 6.45) is -1.94. The Bertz CT molecular complexity index is 707. The van der Waals surface area contributed by atoms with E-state index in [4.69, 9.17) is 14.6 Å². The maximum atomic E-state index is 12.1. The van der Waals surface area contributed by atoms with Crippen LogP contribution in [0.3, 0.4) is 0 Å². The fourth-order valence-corrected chi connectivity index (χ4v) is 2.85. The normalized spacial score (nSPS) is 27.5.